The molecule has 3 amide bonds. The van der Waals surface area contributed by atoms with Crippen LogP contribution in [0, 0.1) is 0 Å². The van der Waals surface area contributed by atoms with Crippen LogP contribution < -0.4 is 5.32 Å². The zero-order valence-corrected chi connectivity index (χ0v) is 15.2. The van der Waals surface area contributed by atoms with Crippen molar-refractivity contribution in [1.82, 2.24) is 10.2 Å². The molecule has 1 aliphatic carbocycles. The number of hydrogen-bond donors (Lipinski definition) is 2. The number of nitrogens with one attached hydrogen (secondary N) is 1. The SMILES string of the molecule is CC(O)c1ccc(C2(CNC(=O)CN3C(=O)CCC3=O)CCCC2)s1. The Morgan fingerprint density at radius 3 is 2.48 bits per heavy atom. The van der Waals surface area contributed by atoms with Gasteiger partial charge in [-0.3, -0.25) is 19.3 Å². The minimum absolute atomic E-state index is 0.105. The Morgan fingerprint density at radius 2 is 1.92 bits per heavy atom. The van der Waals surface area contributed by atoms with Crippen molar-refractivity contribution in [3.8, 4) is 0 Å². The van der Waals surface area contributed by atoms with Gasteiger partial charge in [0.1, 0.15) is 6.54 Å². The fraction of sp³-hybridized carbons (Fsp3) is 0.611. The summed E-state index contributed by atoms with van der Waals surface area (Å²) in [5.41, 5.74) is -0.105. The molecule has 0 spiro atoms. The van der Waals surface area contributed by atoms with Crippen molar-refractivity contribution < 1.29 is 19.5 Å². The first kappa shape index (κ1) is 18.1. The number of rotatable bonds is 6. The monoisotopic (exact) mass is 364 g/mol. The molecule has 0 bridgehead atoms. The molecule has 0 radical (unpaired) electrons. The van der Waals surface area contributed by atoms with Crippen LogP contribution in [0.4, 0.5) is 0 Å². The van der Waals surface area contributed by atoms with E-state index in [0.29, 0.717) is 6.54 Å². The summed E-state index contributed by atoms with van der Waals surface area (Å²) in [7, 11) is 0. The van der Waals surface area contributed by atoms with Crippen molar-refractivity contribution in [3.05, 3.63) is 21.9 Å². The number of thiophene rings is 1. The Morgan fingerprint density at radius 1 is 1.28 bits per heavy atom. The van der Waals surface area contributed by atoms with Gasteiger partial charge in [0.2, 0.25) is 17.7 Å². The minimum Gasteiger partial charge on any atom is -0.388 e. The van der Waals surface area contributed by atoms with E-state index in [1.807, 2.05) is 6.07 Å². The van der Waals surface area contributed by atoms with E-state index < -0.39 is 6.10 Å². The average molecular weight is 364 g/mol. The Labute approximate surface area is 151 Å². The molecule has 1 atom stereocenters. The van der Waals surface area contributed by atoms with Crippen LogP contribution in [0.3, 0.4) is 0 Å². The number of hydrogen-bond acceptors (Lipinski definition) is 5. The van der Waals surface area contributed by atoms with E-state index in [9.17, 15) is 19.5 Å². The van der Waals surface area contributed by atoms with Crippen molar-refractivity contribution in [1.29, 1.82) is 0 Å². The van der Waals surface area contributed by atoms with E-state index in [0.717, 1.165) is 35.5 Å². The molecule has 2 heterocycles. The fourth-order valence-electron chi connectivity index (χ4n) is 3.69. The maximum atomic E-state index is 12.2. The highest BCUT2D eigenvalue weighted by Gasteiger charge is 2.38. The highest BCUT2D eigenvalue weighted by molar-refractivity contribution is 7.12. The quantitative estimate of drug-likeness (QED) is 0.755. The van der Waals surface area contributed by atoms with Gasteiger partial charge in [-0.1, -0.05) is 12.8 Å². The molecule has 136 valence electrons. The molecule has 2 fully saturated rings. The standard InChI is InChI=1S/C18H24N2O4S/c1-12(21)13-4-5-14(25-13)18(8-2-3-9-18)11-19-15(22)10-20-16(23)6-7-17(20)24/h4-5,12,21H,2-3,6-11H2,1H3,(H,19,22). The molecule has 0 aromatic carbocycles. The summed E-state index contributed by atoms with van der Waals surface area (Å²) >= 11 is 1.60. The third-order valence-electron chi connectivity index (χ3n) is 5.20. The van der Waals surface area contributed by atoms with Crippen LogP contribution >= 0.6 is 11.3 Å². The van der Waals surface area contributed by atoms with Crippen molar-refractivity contribution in [2.45, 2.75) is 57.0 Å². The average Bonchev–Trinajstić information content (AvgIpc) is 3.29. The van der Waals surface area contributed by atoms with Crippen molar-refractivity contribution in [2.24, 2.45) is 0 Å². The van der Waals surface area contributed by atoms with Crippen LogP contribution in [0.5, 0.6) is 0 Å². The van der Waals surface area contributed by atoms with Crippen LogP contribution in [-0.4, -0.2) is 40.8 Å². The van der Waals surface area contributed by atoms with Gasteiger partial charge in [0.15, 0.2) is 0 Å². The van der Waals surface area contributed by atoms with E-state index in [-0.39, 0.29) is 42.5 Å². The van der Waals surface area contributed by atoms with E-state index in [4.69, 9.17) is 0 Å². The number of likely N-dealkylation sites (tertiary alicyclic amines) is 1. The Hall–Kier alpha value is -1.73. The number of amides is 3. The zero-order chi connectivity index (χ0) is 18.0. The summed E-state index contributed by atoms with van der Waals surface area (Å²) in [5, 5.41) is 12.7. The van der Waals surface area contributed by atoms with Crippen molar-refractivity contribution in [3.63, 3.8) is 0 Å². The highest BCUT2D eigenvalue weighted by Crippen LogP contribution is 2.44. The van der Waals surface area contributed by atoms with E-state index in [1.165, 1.54) is 4.88 Å². The summed E-state index contributed by atoms with van der Waals surface area (Å²) in [4.78, 5) is 38.7. The van der Waals surface area contributed by atoms with Crippen LogP contribution in [0.2, 0.25) is 0 Å². The first-order valence-electron chi connectivity index (χ1n) is 8.79. The molecule has 1 saturated carbocycles. The molecule has 1 unspecified atom stereocenters. The zero-order valence-electron chi connectivity index (χ0n) is 14.4. The third kappa shape index (κ3) is 3.77. The molecule has 1 aromatic rings. The molecule has 2 N–H and O–H groups in total. The van der Waals surface area contributed by atoms with Gasteiger partial charge in [-0.15, -0.1) is 11.3 Å². The van der Waals surface area contributed by atoms with E-state index >= 15 is 0 Å². The first-order chi connectivity index (χ1) is 11.9. The number of aliphatic hydroxyl groups is 1. The van der Waals surface area contributed by atoms with Gasteiger partial charge in [0, 0.05) is 34.6 Å². The van der Waals surface area contributed by atoms with E-state index in [2.05, 4.69) is 11.4 Å². The van der Waals surface area contributed by atoms with Crippen LogP contribution in [-0.2, 0) is 19.8 Å². The second kappa shape index (κ2) is 7.25. The lowest BCUT2D eigenvalue weighted by Gasteiger charge is -2.28. The molecule has 1 saturated heterocycles. The summed E-state index contributed by atoms with van der Waals surface area (Å²) in [6.45, 7) is 2.07. The van der Waals surface area contributed by atoms with Gasteiger partial charge in [0.05, 0.1) is 6.10 Å². The van der Waals surface area contributed by atoms with Crippen molar-refractivity contribution >= 4 is 29.1 Å². The predicted octanol–water partition coefficient (Wildman–Crippen LogP) is 1.88. The highest BCUT2D eigenvalue weighted by atomic mass is 32.1. The summed E-state index contributed by atoms with van der Waals surface area (Å²) in [6.07, 6.45) is 4.13. The lowest BCUT2D eigenvalue weighted by Crippen LogP contribution is -2.44. The predicted molar refractivity (Wildman–Crippen MR) is 94.1 cm³/mol. The molecule has 6 nitrogen and oxygen atoms in total. The maximum absolute atomic E-state index is 12.2. The molecule has 1 aromatic heterocycles. The van der Waals surface area contributed by atoms with Gasteiger partial charge < -0.3 is 10.4 Å². The minimum atomic E-state index is -0.487. The van der Waals surface area contributed by atoms with Gasteiger partial charge in [-0.2, -0.15) is 0 Å². The van der Waals surface area contributed by atoms with Gasteiger partial charge >= 0.3 is 0 Å². The van der Waals surface area contributed by atoms with E-state index in [1.54, 1.807) is 18.3 Å². The fourth-order valence-corrected chi connectivity index (χ4v) is 4.88. The second-order valence-corrected chi connectivity index (χ2v) is 8.13. The van der Waals surface area contributed by atoms with Crippen LogP contribution in [0.1, 0.15) is 61.3 Å². The smallest absolute Gasteiger partial charge is 0.240 e. The number of carbonyl (C=O) groups is 3. The molecule has 3 rings (SSSR count). The number of carbonyl (C=O) groups excluding carboxylic acids is 3. The van der Waals surface area contributed by atoms with Gasteiger partial charge in [-0.05, 0) is 31.9 Å². The summed E-state index contributed by atoms with van der Waals surface area (Å²) in [5.74, 6) is -0.826. The molecule has 1 aliphatic heterocycles. The lowest BCUT2D eigenvalue weighted by atomic mass is 9.84. The summed E-state index contributed by atoms with van der Waals surface area (Å²) in [6, 6.07) is 4.01. The number of nitrogens with zero attached hydrogens (tertiary/aromatic N) is 1. The number of imide groups is 1. The van der Waals surface area contributed by atoms with Crippen LogP contribution in [0.15, 0.2) is 12.1 Å². The second-order valence-electron chi connectivity index (χ2n) is 7.02. The molecular weight excluding hydrogens is 340 g/mol. The maximum Gasteiger partial charge on any atom is 0.240 e. The molecule has 25 heavy (non-hydrogen) atoms. The summed E-state index contributed by atoms with van der Waals surface area (Å²) < 4.78 is 0. The lowest BCUT2D eigenvalue weighted by molar-refractivity contribution is -0.142. The largest absolute Gasteiger partial charge is 0.388 e. The number of aliphatic hydroxyl groups excluding tert-OH is 1. The van der Waals surface area contributed by atoms with Gasteiger partial charge in [0.25, 0.3) is 0 Å². The van der Waals surface area contributed by atoms with Crippen LogP contribution in [0.25, 0.3) is 0 Å². The first-order valence-corrected chi connectivity index (χ1v) is 9.61. The van der Waals surface area contributed by atoms with Crippen molar-refractivity contribution in [2.75, 3.05) is 13.1 Å². The Kier molecular flexibility index (Phi) is 5.24. The Balaban J connectivity index is 1.64. The third-order valence-corrected chi connectivity index (χ3v) is 6.70. The van der Waals surface area contributed by atoms with Gasteiger partial charge in [-0.25, -0.2) is 0 Å². The Bertz CT molecular complexity index is 660. The molecule has 7 heteroatoms. The topological polar surface area (TPSA) is 86.7 Å². The molecule has 2 aliphatic rings. The molecular formula is C18H24N2O4S. The normalized spacial score (nSPS) is 21.0.